The monoisotopic (exact) mass is 372 g/mol. The number of hydrogen-bond acceptors (Lipinski definition) is 3. The van der Waals surface area contributed by atoms with Crippen LogP contribution in [0.25, 0.3) is 0 Å². The molecule has 0 aromatic heterocycles. The molecule has 1 atom stereocenters. The number of rotatable bonds is 5. The third-order valence-electron chi connectivity index (χ3n) is 3.62. The predicted molar refractivity (Wildman–Crippen MR) is 100 cm³/mol. The molecule has 2 N–H and O–H groups in total. The molecule has 0 radical (unpaired) electrons. The summed E-state index contributed by atoms with van der Waals surface area (Å²) in [6, 6.07) is 20.3. The van der Waals surface area contributed by atoms with E-state index in [1.165, 1.54) is 6.07 Å². The number of halogens is 2. The minimum Gasteiger partial charge on any atom is -0.603 e. The number of ketones is 1. The van der Waals surface area contributed by atoms with Gasteiger partial charge in [0.15, 0.2) is 5.69 Å². The van der Waals surface area contributed by atoms with E-state index in [2.05, 4.69) is 5.43 Å². The van der Waals surface area contributed by atoms with Crippen molar-refractivity contribution < 1.29 is 9.97 Å². The molecule has 25 heavy (non-hydrogen) atoms. The van der Waals surface area contributed by atoms with Gasteiger partial charge in [0.05, 0.1) is 16.3 Å². The number of quaternary nitrogens is 1. The Morgan fingerprint density at radius 2 is 1.56 bits per heavy atom. The van der Waals surface area contributed by atoms with Crippen LogP contribution in [0, 0.1) is 5.21 Å². The van der Waals surface area contributed by atoms with Crippen molar-refractivity contribution in [2.24, 2.45) is 0 Å². The Kier molecular flexibility index (Phi) is 5.36. The van der Waals surface area contributed by atoms with Gasteiger partial charge in [-0.15, -0.1) is 0 Å². The highest BCUT2D eigenvalue weighted by Gasteiger charge is 2.20. The van der Waals surface area contributed by atoms with Crippen LogP contribution < -0.4 is 10.6 Å². The molecule has 0 aliphatic rings. The van der Waals surface area contributed by atoms with E-state index in [-0.39, 0.29) is 32.8 Å². The lowest BCUT2D eigenvalue weighted by Gasteiger charge is -2.24. The number of para-hydroxylation sites is 2. The summed E-state index contributed by atoms with van der Waals surface area (Å²) >= 11 is 12.1. The van der Waals surface area contributed by atoms with E-state index in [4.69, 9.17) is 23.2 Å². The molecule has 3 aromatic rings. The minimum absolute atomic E-state index is 0.258. The van der Waals surface area contributed by atoms with Crippen LogP contribution in [0.2, 0.25) is 10.0 Å². The van der Waals surface area contributed by atoms with Crippen LogP contribution in [-0.4, -0.2) is 5.78 Å². The van der Waals surface area contributed by atoms with Crippen molar-refractivity contribution in [3.63, 3.8) is 0 Å². The number of carbonyl (C=O) groups excluding carboxylic acids is 1. The first-order valence-corrected chi connectivity index (χ1v) is 8.27. The van der Waals surface area contributed by atoms with Crippen molar-refractivity contribution in [1.29, 1.82) is 0 Å². The maximum Gasteiger partial charge on any atom is 0.200 e. The largest absolute Gasteiger partial charge is 0.603 e. The zero-order chi connectivity index (χ0) is 17.8. The lowest BCUT2D eigenvalue weighted by atomic mass is 10.0. The van der Waals surface area contributed by atoms with Gasteiger partial charge in [-0.05, 0) is 36.4 Å². The average molecular weight is 373 g/mol. The number of hydrogen-bond donors (Lipinski definition) is 2. The number of anilines is 1. The van der Waals surface area contributed by atoms with Gasteiger partial charge in [0, 0.05) is 16.7 Å². The molecule has 0 fully saturated rings. The molecule has 3 aromatic carbocycles. The molecular weight excluding hydrogens is 359 g/mol. The Bertz CT molecular complexity index is 901. The molecule has 126 valence electrons. The van der Waals surface area contributed by atoms with Gasteiger partial charge in [0.25, 0.3) is 0 Å². The van der Waals surface area contributed by atoms with Crippen molar-refractivity contribution in [2.75, 3.05) is 5.43 Å². The minimum atomic E-state index is -0.367. The molecule has 0 bridgehead atoms. The maximum absolute atomic E-state index is 12.9. The van der Waals surface area contributed by atoms with Crippen molar-refractivity contribution in [3.05, 3.63) is 99.2 Å². The summed E-state index contributed by atoms with van der Waals surface area (Å²) in [6.45, 7) is 0. The van der Waals surface area contributed by atoms with E-state index >= 15 is 0 Å². The predicted octanol–water partition coefficient (Wildman–Crippen LogP) is 4.27. The molecule has 1 unspecified atom stereocenters. The second-order valence-electron chi connectivity index (χ2n) is 5.32. The fourth-order valence-corrected chi connectivity index (χ4v) is 2.79. The molecule has 0 saturated carbocycles. The first kappa shape index (κ1) is 17.5. The Hall–Kier alpha value is -2.37. The quantitative estimate of drug-likeness (QED) is 0.519. The summed E-state index contributed by atoms with van der Waals surface area (Å²) in [5, 5.41) is 12.9. The van der Waals surface area contributed by atoms with Gasteiger partial charge in [0.1, 0.15) is 0 Å². The lowest BCUT2D eigenvalue weighted by molar-refractivity contribution is -0.749. The van der Waals surface area contributed by atoms with E-state index in [1.807, 2.05) is 18.2 Å². The van der Waals surface area contributed by atoms with Gasteiger partial charge in [-0.25, -0.2) is 10.6 Å². The normalized spacial score (nSPS) is 11.8. The van der Waals surface area contributed by atoms with Gasteiger partial charge in [0.2, 0.25) is 5.78 Å². The van der Waals surface area contributed by atoms with Gasteiger partial charge in [-0.1, -0.05) is 53.5 Å². The molecule has 0 aliphatic carbocycles. The van der Waals surface area contributed by atoms with Gasteiger partial charge < -0.3 is 5.21 Å². The highest BCUT2D eigenvalue weighted by molar-refractivity contribution is 6.37. The number of carbonyl (C=O) groups is 1. The summed E-state index contributed by atoms with van der Waals surface area (Å²) in [6.07, 6.45) is 0. The lowest BCUT2D eigenvalue weighted by Crippen LogP contribution is -3.06. The molecule has 0 aliphatic heterocycles. The van der Waals surface area contributed by atoms with Crippen LogP contribution in [0.1, 0.15) is 15.9 Å². The second kappa shape index (κ2) is 7.68. The fraction of sp³-hybridized carbons (Fsp3) is 0. The van der Waals surface area contributed by atoms with Crippen LogP contribution >= 0.6 is 23.2 Å². The average Bonchev–Trinajstić information content (AvgIpc) is 2.64. The summed E-state index contributed by atoms with van der Waals surface area (Å²) in [5.41, 5.74) is 4.22. The molecule has 0 heterocycles. The molecule has 0 amide bonds. The van der Waals surface area contributed by atoms with Gasteiger partial charge >= 0.3 is 0 Å². The first-order valence-electron chi connectivity index (χ1n) is 7.51. The van der Waals surface area contributed by atoms with Crippen LogP contribution in [-0.2, 0) is 0 Å². The van der Waals surface area contributed by atoms with Crippen LogP contribution in [0.5, 0.6) is 0 Å². The highest BCUT2D eigenvalue weighted by Crippen LogP contribution is 2.25. The molecular formula is C19H14Cl2N2O2. The number of benzene rings is 3. The Morgan fingerprint density at radius 1 is 0.880 bits per heavy atom. The Balaban J connectivity index is 1.95. The van der Waals surface area contributed by atoms with E-state index < -0.39 is 0 Å². The van der Waals surface area contributed by atoms with E-state index in [0.29, 0.717) is 10.7 Å². The zero-order valence-electron chi connectivity index (χ0n) is 13.0. The van der Waals surface area contributed by atoms with Gasteiger partial charge in [-0.3, -0.25) is 4.79 Å². The first-order chi connectivity index (χ1) is 12.1. The summed E-state index contributed by atoms with van der Waals surface area (Å²) in [7, 11) is 0. The number of nitrogens with one attached hydrogen (secondary N) is 2. The molecule has 0 saturated heterocycles. The summed E-state index contributed by atoms with van der Waals surface area (Å²) < 4.78 is 0. The van der Waals surface area contributed by atoms with E-state index in [9.17, 15) is 10.0 Å². The molecule has 4 nitrogen and oxygen atoms in total. The van der Waals surface area contributed by atoms with Crippen molar-refractivity contribution >= 4 is 40.4 Å². The van der Waals surface area contributed by atoms with Crippen molar-refractivity contribution in [1.82, 2.24) is 0 Å². The summed E-state index contributed by atoms with van der Waals surface area (Å²) in [4.78, 5) is 12.9. The summed E-state index contributed by atoms with van der Waals surface area (Å²) in [5.74, 6) is -0.355. The standard InChI is InChI=1S/C19H14Cl2N2O2/c20-13-10-11-17(21)16(12-13)19(24)15-8-4-5-9-18(15)23(25)22-14-6-2-1-3-7-14/h1-12,22-23H. The zero-order valence-corrected chi connectivity index (χ0v) is 14.5. The Morgan fingerprint density at radius 3 is 2.32 bits per heavy atom. The third kappa shape index (κ3) is 4.00. The Labute approximate surface area is 155 Å². The highest BCUT2D eigenvalue weighted by atomic mass is 35.5. The van der Waals surface area contributed by atoms with E-state index in [0.717, 1.165) is 0 Å². The van der Waals surface area contributed by atoms with Crippen molar-refractivity contribution in [2.45, 2.75) is 0 Å². The van der Waals surface area contributed by atoms with Crippen LogP contribution in [0.15, 0.2) is 72.8 Å². The van der Waals surface area contributed by atoms with Gasteiger partial charge in [-0.2, -0.15) is 0 Å². The molecule has 3 rings (SSSR count). The smallest absolute Gasteiger partial charge is 0.200 e. The van der Waals surface area contributed by atoms with Crippen LogP contribution in [0.4, 0.5) is 11.4 Å². The van der Waals surface area contributed by atoms with E-state index in [1.54, 1.807) is 48.5 Å². The SMILES string of the molecule is O=C(c1cc(Cl)ccc1Cl)c1ccccc1[NH+]([O-])Nc1ccccc1. The fourth-order valence-electron chi connectivity index (χ4n) is 2.42. The molecule has 6 heteroatoms. The maximum atomic E-state index is 12.9. The third-order valence-corrected chi connectivity index (χ3v) is 4.19. The second-order valence-corrected chi connectivity index (χ2v) is 6.16. The molecule has 0 spiro atoms. The van der Waals surface area contributed by atoms with Crippen molar-refractivity contribution in [3.8, 4) is 0 Å². The topological polar surface area (TPSA) is 56.6 Å². The van der Waals surface area contributed by atoms with Crippen LogP contribution in [0.3, 0.4) is 0 Å².